The zero-order valence-electron chi connectivity index (χ0n) is 15.3. The van der Waals surface area contributed by atoms with Crippen LogP contribution in [0.2, 0.25) is 0 Å². The first-order chi connectivity index (χ1) is 13.6. The number of pyridine rings is 1. The summed E-state index contributed by atoms with van der Waals surface area (Å²) in [5.41, 5.74) is 1.46. The van der Waals surface area contributed by atoms with Crippen LogP contribution >= 0.6 is 0 Å². The zero-order valence-corrected chi connectivity index (χ0v) is 15.3. The molecule has 2 amide bonds. The molecule has 2 aromatic heterocycles. The minimum absolute atomic E-state index is 0.0654. The quantitative estimate of drug-likeness (QED) is 0.731. The number of carbonyl (C=O) groups excluding carboxylic acids is 2. The topological polar surface area (TPSA) is 89.3 Å². The average Bonchev–Trinajstić information content (AvgIpc) is 3.25. The van der Waals surface area contributed by atoms with Gasteiger partial charge in [0.1, 0.15) is 24.4 Å². The summed E-state index contributed by atoms with van der Waals surface area (Å²) >= 11 is 0. The lowest BCUT2D eigenvalue weighted by atomic mass is 10.2. The first-order valence-corrected chi connectivity index (χ1v) is 8.89. The molecule has 4 rings (SSSR count). The predicted molar refractivity (Wildman–Crippen MR) is 102 cm³/mol. The minimum Gasteiger partial charge on any atom is -0.479 e. The summed E-state index contributed by atoms with van der Waals surface area (Å²) in [7, 11) is 0. The molecule has 1 aliphatic heterocycles. The Morgan fingerprint density at radius 1 is 1.25 bits per heavy atom. The van der Waals surface area contributed by atoms with E-state index in [9.17, 15) is 9.59 Å². The summed E-state index contributed by atoms with van der Waals surface area (Å²) in [6, 6.07) is 10.9. The summed E-state index contributed by atoms with van der Waals surface area (Å²) in [5.74, 6) is 0.856. The fourth-order valence-electron chi connectivity index (χ4n) is 2.99. The molecular formula is C20H19N5O3. The Hall–Kier alpha value is -3.68. The molecule has 0 bridgehead atoms. The molecule has 8 heteroatoms. The van der Waals surface area contributed by atoms with Gasteiger partial charge in [0.05, 0.1) is 5.69 Å². The highest BCUT2D eigenvalue weighted by Gasteiger charge is 2.32. The van der Waals surface area contributed by atoms with E-state index in [1.54, 1.807) is 42.3 Å². The maximum atomic E-state index is 12.5. The van der Waals surface area contributed by atoms with E-state index in [4.69, 9.17) is 4.74 Å². The van der Waals surface area contributed by atoms with Crippen molar-refractivity contribution in [1.82, 2.24) is 19.9 Å². The van der Waals surface area contributed by atoms with Crippen molar-refractivity contribution in [3.05, 3.63) is 66.9 Å². The second-order valence-electron chi connectivity index (χ2n) is 6.42. The Morgan fingerprint density at radius 3 is 2.86 bits per heavy atom. The summed E-state index contributed by atoms with van der Waals surface area (Å²) in [6.45, 7) is 1.94. The van der Waals surface area contributed by atoms with Crippen molar-refractivity contribution in [3.63, 3.8) is 0 Å². The number of para-hydroxylation sites is 2. The van der Waals surface area contributed by atoms with Crippen LogP contribution in [0.15, 0.2) is 61.3 Å². The molecule has 0 saturated heterocycles. The van der Waals surface area contributed by atoms with Crippen LogP contribution in [0, 0.1) is 0 Å². The van der Waals surface area contributed by atoms with Crippen molar-refractivity contribution in [1.29, 1.82) is 0 Å². The van der Waals surface area contributed by atoms with Crippen molar-refractivity contribution < 1.29 is 14.3 Å². The number of carbonyl (C=O) groups is 2. The summed E-state index contributed by atoms with van der Waals surface area (Å²) < 4.78 is 7.39. The Balaban J connectivity index is 1.39. The number of anilines is 1. The lowest BCUT2D eigenvalue weighted by molar-refractivity contribution is -0.128. The summed E-state index contributed by atoms with van der Waals surface area (Å²) in [5, 5.41) is 2.83. The highest BCUT2D eigenvalue weighted by atomic mass is 16.5. The van der Waals surface area contributed by atoms with Gasteiger partial charge in [-0.05, 0) is 30.7 Å². The smallest absolute Gasteiger partial charge is 0.268 e. The van der Waals surface area contributed by atoms with E-state index < -0.39 is 6.10 Å². The number of rotatable bonds is 5. The van der Waals surface area contributed by atoms with Gasteiger partial charge in [0.25, 0.3) is 5.91 Å². The highest BCUT2D eigenvalue weighted by Crippen LogP contribution is 2.33. The van der Waals surface area contributed by atoms with Gasteiger partial charge in [-0.15, -0.1) is 0 Å². The van der Waals surface area contributed by atoms with E-state index in [-0.39, 0.29) is 18.4 Å². The van der Waals surface area contributed by atoms with Gasteiger partial charge in [-0.3, -0.25) is 19.1 Å². The second-order valence-corrected chi connectivity index (χ2v) is 6.42. The lowest BCUT2D eigenvalue weighted by Gasteiger charge is -2.32. The van der Waals surface area contributed by atoms with Gasteiger partial charge >= 0.3 is 0 Å². The van der Waals surface area contributed by atoms with Crippen LogP contribution < -0.4 is 15.0 Å². The third-order valence-corrected chi connectivity index (χ3v) is 4.44. The normalized spacial score (nSPS) is 15.7. The van der Waals surface area contributed by atoms with Crippen LogP contribution in [0.3, 0.4) is 0 Å². The Kier molecular flexibility index (Phi) is 4.76. The van der Waals surface area contributed by atoms with Gasteiger partial charge in [0.15, 0.2) is 6.10 Å². The number of nitrogens with zero attached hydrogens (tertiary/aromatic N) is 4. The van der Waals surface area contributed by atoms with Crippen LogP contribution in [-0.4, -0.2) is 39.0 Å². The van der Waals surface area contributed by atoms with Crippen LogP contribution in [0.25, 0.3) is 5.82 Å². The maximum Gasteiger partial charge on any atom is 0.268 e. The molecule has 0 aliphatic carbocycles. The maximum absolute atomic E-state index is 12.5. The van der Waals surface area contributed by atoms with Gasteiger partial charge < -0.3 is 10.1 Å². The number of ether oxygens (including phenoxy) is 1. The van der Waals surface area contributed by atoms with Crippen molar-refractivity contribution in [2.45, 2.75) is 19.6 Å². The summed E-state index contributed by atoms with van der Waals surface area (Å²) in [6.07, 6.45) is 6.24. The van der Waals surface area contributed by atoms with Crippen molar-refractivity contribution in [3.8, 4) is 11.6 Å². The number of benzene rings is 1. The third-order valence-electron chi connectivity index (χ3n) is 4.44. The fraction of sp³-hybridized carbons (Fsp3) is 0.200. The summed E-state index contributed by atoms with van der Waals surface area (Å²) in [4.78, 5) is 34.7. The Morgan fingerprint density at radius 2 is 2.11 bits per heavy atom. The molecule has 3 heterocycles. The van der Waals surface area contributed by atoms with Crippen molar-refractivity contribution in [2.24, 2.45) is 0 Å². The van der Waals surface area contributed by atoms with Crippen LogP contribution in [0.5, 0.6) is 5.75 Å². The van der Waals surface area contributed by atoms with E-state index in [1.165, 1.54) is 4.90 Å². The molecule has 1 atom stereocenters. The van der Waals surface area contributed by atoms with E-state index in [0.717, 1.165) is 11.4 Å². The van der Waals surface area contributed by atoms with Gasteiger partial charge in [0, 0.05) is 25.1 Å². The molecule has 1 unspecified atom stereocenters. The average molecular weight is 377 g/mol. The van der Waals surface area contributed by atoms with Crippen LogP contribution in [-0.2, 0) is 16.1 Å². The van der Waals surface area contributed by atoms with Gasteiger partial charge in [0.2, 0.25) is 5.91 Å². The van der Waals surface area contributed by atoms with Crippen molar-refractivity contribution >= 4 is 17.5 Å². The molecule has 1 aromatic carbocycles. The number of aromatic nitrogens is 3. The van der Waals surface area contributed by atoms with Gasteiger partial charge in [-0.1, -0.05) is 18.2 Å². The molecular weight excluding hydrogens is 358 g/mol. The first-order valence-electron chi connectivity index (χ1n) is 8.89. The molecule has 1 aliphatic rings. The Bertz CT molecular complexity index is 985. The van der Waals surface area contributed by atoms with Crippen molar-refractivity contribution in [2.75, 3.05) is 11.4 Å². The molecule has 3 aromatic rings. The highest BCUT2D eigenvalue weighted by molar-refractivity contribution is 6.03. The standard InChI is InChI=1S/C20H19N5O3/c1-14-20(27)25(16-4-2-3-5-17(16)28-14)12-19(26)23-11-15-6-7-18(22-10-15)24-9-8-21-13-24/h2-10,13-14H,11-12H2,1H3,(H,23,26). The molecule has 1 N–H and O–H groups in total. The fourth-order valence-corrected chi connectivity index (χ4v) is 2.99. The number of fused-ring (bicyclic) bond motifs is 1. The number of hydrogen-bond donors (Lipinski definition) is 1. The Labute approximate surface area is 161 Å². The van der Waals surface area contributed by atoms with E-state index in [0.29, 0.717) is 18.0 Å². The number of imidazole rings is 1. The molecule has 0 radical (unpaired) electrons. The lowest BCUT2D eigenvalue weighted by Crippen LogP contribution is -2.48. The zero-order chi connectivity index (χ0) is 19.5. The molecule has 142 valence electrons. The molecule has 0 fully saturated rings. The van der Waals surface area contributed by atoms with Crippen LogP contribution in [0.4, 0.5) is 5.69 Å². The van der Waals surface area contributed by atoms with E-state index >= 15 is 0 Å². The predicted octanol–water partition coefficient (Wildman–Crippen LogP) is 1.70. The molecule has 0 spiro atoms. The largest absolute Gasteiger partial charge is 0.479 e. The minimum atomic E-state index is -0.623. The van der Waals surface area contributed by atoms with Crippen LogP contribution in [0.1, 0.15) is 12.5 Å². The molecule has 8 nitrogen and oxygen atoms in total. The monoisotopic (exact) mass is 377 g/mol. The molecule has 28 heavy (non-hydrogen) atoms. The van der Waals surface area contributed by atoms with Gasteiger partial charge in [-0.2, -0.15) is 0 Å². The second kappa shape index (κ2) is 7.51. The first kappa shape index (κ1) is 17.7. The SMILES string of the molecule is CC1Oc2ccccc2N(CC(=O)NCc2ccc(-n3ccnc3)nc2)C1=O. The van der Waals surface area contributed by atoms with E-state index in [2.05, 4.69) is 15.3 Å². The third kappa shape index (κ3) is 3.57. The number of nitrogens with one attached hydrogen (secondary N) is 1. The van der Waals surface area contributed by atoms with Gasteiger partial charge in [-0.25, -0.2) is 9.97 Å². The number of amides is 2. The molecule has 0 saturated carbocycles. The van der Waals surface area contributed by atoms with E-state index in [1.807, 2.05) is 30.5 Å². The number of hydrogen-bond acceptors (Lipinski definition) is 5.